The van der Waals surface area contributed by atoms with E-state index in [9.17, 15) is 0 Å². The Bertz CT molecular complexity index is 926. The van der Waals surface area contributed by atoms with Crippen LogP contribution in [0.4, 0.5) is 0 Å². The van der Waals surface area contributed by atoms with Gasteiger partial charge >= 0.3 is 0 Å². The molecule has 1 atom stereocenters. The van der Waals surface area contributed by atoms with Crippen molar-refractivity contribution in [2.75, 3.05) is 0 Å². The second-order valence-corrected chi connectivity index (χ2v) is 7.13. The van der Waals surface area contributed by atoms with Gasteiger partial charge in [-0.3, -0.25) is 0 Å². The van der Waals surface area contributed by atoms with Crippen LogP contribution in [0.25, 0.3) is 16.2 Å². The molecule has 0 radical (unpaired) electrons. The Morgan fingerprint density at radius 3 is 2.82 bits per heavy atom. The molecule has 4 nitrogen and oxygen atoms in total. The molecule has 22 heavy (non-hydrogen) atoms. The summed E-state index contributed by atoms with van der Waals surface area (Å²) in [7, 11) is 0. The zero-order valence-corrected chi connectivity index (χ0v) is 13.7. The average Bonchev–Trinajstić information content (AvgIpc) is 3.24. The number of nitrogens with two attached hydrogens (primary N) is 1. The molecule has 0 amide bonds. The van der Waals surface area contributed by atoms with Crippen LogP contribution in [0.1, 0.15) is 15.9 Å². The first kappa shape index (κ1) is 13.9. The van der Waals surface area contributed by atoms with Gasteiger partial charge in [0.25, 0.3) is 0 Å². The van der Waals surface area contributed by atoms with E-state index in [0.717, 1.165) is 26.1 Å². The van der Waals surface area contributed by atoms with Gasteiger partial charge in [-0.15, -0.1) is 11.3 Å². The van der Waals surface area contributed by atoms with E-state index in [1.165, 1.54) is 11.3 Å². The van der Waals surface area contributed by atoms with Crippen molar-refractivity contribution in [3.05, 3.63) is 62.9 Å². The number of hydrogen-bond donors (Lipinski definition) is 1. The fourth-order valence-electron chi connectivity index (χ4n) is 2.28. The van der Waals surface area contributed by atoms with Gasteiger partial charge in [0.2, 0.25) is 4.96 Å². The second kappa shape index (κ2) is 5.48. The summed E-state index contributed by atoms with van der Waals surface area (Å²) in [5, 5.41) is 8.19. The van der Waals surface area contributed by atoms with Gasteiger partial charge in [0.05, 0.1) is 23.0 Å². The number of rotatable bonds is 3. The Hall–Kier alpha value is -1.73. The Morgan fingerprint density at radius 1 is 1.18 bits per heavy atom. The molecular formula is C15H11ClN4S2. The average molecular weight is 347 g/mol. The van der Waals surface area contributed by atoms with Gasteiger partial charge in [-0.25, -0.2) is 9.50 Å². The lowest BCUT2D eigenvalue weighted by molar-refractivity contribution is 0.822. The van der Waals surface area contributed by atoms with Crippen molar-refractivity contribution in [3.8, 4) is 11.3 Å². The zero-order chi connectivity index (χ0) is 15.1. The maximum absolute atomic E-state index is 6.29. The van der Waals surface area contributed by atoms with Gasteiger partial charge in [-0.05, 0) is 17.5 Å². The molecule has 0 aliphatic rings. The third-order valence-electron chi connectivity index (χ3n) is 3.37. The number of imidazole rings is 1. The van der Waals surface area contributed by atoms with Crippen LogP contribution < -0.4 is 5.73 Å². The first-order chi connectivity index (χ1) is 10.7. The van der Waals surface area contributed by atoms with Crippen LogP contribution in [-0.2, 0) is 0 Å². The van der Waals surface area contributed by atoms with Gasteiger partial charge in [-0.1, -0.05) is 47.2 Å². The SMILES string of the molecule is NC(c1cccs1)c1nn2c(-c3ccccc3Cl)cnc2s1. The predicted octanol–water partition coefficient (Wildman–Crippen LogP) is 4.22. The monoisotopic (exact) mass is 346 g/mol. The molecule has 0 aliphatic carbocycles. The smallest absolute Gasteiger partial charge is 0.212 e. The third kappa shape index (κ3) is 2.24. The predicted molar refractivity (Wildman–Crippen MR) is 91.7 cm³/mol. The normalized spacial score (nSPS) is 12.8. The molecule has 7 heteroatoms. The zero-order valence-electron chi connectivity index (χ0n) is 11.3. The summed E-state index contributed by atoms with van der Waals surface area (Å²) in [6.45, 7) is 0. The molecule has 0 spiro atoms. The van der Waals surface area contributed by atoms with Crippen molar-refractivity contribution >= 4 is 39.2 Å². The van der Waals surface area contributed by atoms with Gasteiger partial charge in [0.1, 0.15) is 5.01 Å². The van der Waals surface area contributed by atoms with Gasteiger partial charge in [0.15, 0.2) is 0 Å². The minimum Gasteiger partial charge on any atom is -0.318 e. The highest BCUT2D eigenvalue weighted by atomic mass is 35.5. The molecule has 0 bridgehead atoms. The second-order valence-electron chi connectivity index (χ2n) is 4.75. The van der Waals surface area contributed by atoms with Crippen molar-refractivity contribution in [2.24, 2.45) is 5.73 Å². The summed E-state index contributed by atoms with van der Waals surface area (Å²) < 4.78 is 1.81. The van der Waals surface area contributed by atoms with Gasteiger partial charge < -0.3 is 5.73 Å². The topological polar surface area (TPSA) is 56.2 Å². The minimum atomic E-state index is -0.217. The van der Waals surface area contributed by atoms with Crippen molar-refractivity contribution in [2.45, 2.75) is 6.04 Å². The van der Waals surface area contributed by atoms with Gasteiger partial charge in [-0.2, -0.15) is 5.10 Å². The highest BCUT2D eigenvalue weighted by molar-refractivity contribution is 7.17. The number of aromatic nitrogens is 3. The maximum atomic E-state index is 6.29. The molecule has 1 aromatic carbocycles. The van der Waals surface area contributed by atoms with Gasteiger partial charge in [0, 0.05) is 10.4 Å². The number of thiophene rings is 1. The lowest BCUT2D eigenvalue weighted by atomic mass is 10.2. The molecule has 0 saturated heterocycles. The van der Waals surface area contributed by atoms with Crippen LogP contribution in [-0.4, -0.2) is 14.6 Å². The Balaban J connectivity index is 1.82. The Labute approximate surface area is 139 Å². The Morgan fingerprint density at radius 2 is 2.05 bits per heavy atom. The molecule has 4 rings (SSSR count). The number of benzene rings is 1. The van der Waals surface area contributed by atoms with E-state index in [-0.39, 0.29) is 6.04 Å². The molecule has 4 aromatic rings. The first-order valence-corrected chi connectivity index (χ1v) is 8.70. The molecule has 0 aliphatic heterocycles. The fourth-order valence-corrected chi connectivity index (χ4v) is 4.21. The quantitative estimate of drug-likeness (QED) is 0.604. The Kier molecular flexibility index (Phi) is 3.46. The summed E-state index contributed by atoms with van der Waals surface area (Å²) >= 11 is 9.41. The van der Waals surface area contributed by atoms with Crippen molar-refractivity contribution in [1.82, 2.24) is 14.6 Å². The summed E-state index contributed by atoms with van der Waals surface area (Å²) in [5.41, 5.74) is 8.08. The van der Waals surface area contributed by atoms with E-state index in [4.69, 9.17) is 17.3 Å². The summed E-state index contributed by atoms with van der Waals surface area (Å²) in [4.78, 5) is 6.34. The molecule has 3 aromatic heterocycles. The lowest BCUT2D eigenvalue weighted by Crippen LogP contribution is -2.10. The molecule has 3 heterocycles. The number of nitrogens with zero attached hydrogens (tertiary/aromatic N) is 3. The lowest BCUT2D eigenvalue weighted by Gasteiger charge is -2.04. The van der Waals surface area contributed by atoms with Crippen LogP contribution in [0.5, 0.6) is 0 Å². The number of halogens is 1. The van der Waals surface area contributed by atoms with Crippen LogP contribution in [0.3, 0.4) is 0 Å². The van der Waals surface area contributed by atoms with E-state index >= 15 is 0 Å². The molecule has 110 valence electrons. The molecule has 0 fully saturated rings. The van der Waals surface area contributed by atoms with Crippen LogP contribution >= 0.6 is 34.3 Å². The molecule has 2 N–H and O–H groups in total. The van der Waals surface area contributed by atoms with Crippen LogP contribution in [0, 0.1) is 0 Å². The number of fused-ring (bicyclic) bond motifs is 1. The van der Waals surface area contributed by atoms with Crippen LogP contribution in [0.15, 0.2) is 48.0 Å². The van der Waals surface area contributed by atoms with E-state index in [0.29, 0.717) is 5.02 Å². The highest BCUT2D eigenvalue weighted by Crippen LogP contribution is 2.32. The van der Waals surface area contributed by atoms with E-state index < -0.39 is 0 Å². The van der Waals surface area contributed by atoms with E-state index in [1.807, 2.05) is 46.3 Å². The summed E-state index contributed by atoms with van der Waals surface area (Å²) in [5.74, 6) is 0. The summed E-state index contributed by atoms with van der Waals surface area (Å²) in [6.07, 6.45) is 1.79. The minimum absolute atomic E-state index is 0.217. The largest absolute Gasteiger partial charge is 0.318 e. The molecular weight excluding hydrogens is 336 g/mol. The number of hydrogen-bond acceptors (Lipinski definition) is 5. The fraction of sp³-hybridized carbons (Fsp3) is 0.0667. The standard InChI is InChI=1S/C15H11ClN4S2/c16-10-5-2-1-4-9(10)11-8-18-15-20(11)19-14(22-15)13(17)12-6-3-7-21-12/h1-8,13H,17H2. The molecule has 0 saturated carbocycles. The van der Waals surface area contributed by atoms with Crippen molar-refractivity contribution < 1.29 is 0 Å². The van der Waals surface area contributed by atoms with Crippen molar-refractivity contribution in [3.63, 3.8) is 0 Å². The summed E-state index contributed by atoms with van der Waals surface area (Å²) in [6, 6.07) is 11.5. The maximum Gasteiger partial charge on any atom is 0.212 e. The third-order valence-corrected chi connectivity index (χ3v) is 5.66. The van der Waals surface area contributed by atoms with Crippen molar-refractivity contribution in [1.29, 1.82) is 0 Å². The molecule has 1 unspecified atom stereocenters. The van der Waals surface area contributed by atoms with E-state index in [2.05, 4.69) is 10.1 Å². The van der Waals surface area contributed by atoms with Crippen LogP contribution in [0.2, 0.25) is 5.02 Å². The van der Waals surface area contributed by atoms with E-state index in [1.54, 1.807) is 17.5 Å². The first-order valence-electron chi connectivity index (χ1n) is 6.62. The highest BCUT2D eigenvalue weighted by Gasteiger charge is 2.18.